The Hall–Kier alpha value is -3.91. The van der Waals surface area contributed by atoms with Gasteiger partial charge in [0.05, 0.1) is 25.2 Å². The molecule has 2 aromatic heterocycles. The molecular weight excluding hydrogens is 424 g/mol. The predicted molar refractivity (Wildman–Crippen MR) is 125 cm³/mol. The third-order valence-electron chi connectivity index (χ3n) is 4.75. The van der Waals surface area contributed by atoms with Gasteiger partial charge in [0.2, 0.25) is 0 Å². The average molecular weight is 447 g/mol. The van der Waals surface area contributed by atoms with Crippen molar-refractivity contribution in [1.82, 2.24) is 15.6 Å². The van der Waals surface area contributed by atoms with Crippen molar-refractivity contribution in [2.75, 3.05) is 7.11 Å². The lowest BCUT2D eigenvalue weighted by molar-refractivity contribution is 0.0955. The van der Waals surface area contributed by atoms with E-state index >= 15 is 0 Å². The Kier molecular flexibility index (Phi) is 6.62. The smallest absolute Gasteiger partial charge is 0.285 e. The number of nitrogens with zero attached hydrogens (tertiary/aromatic N) is 2. The van der Waals surface area contributed by atoms with Crippen molar-refractivity contribution in [3.05, 3.63) is 87.7 Å². The van der Waals surface area contributed by atoms with Crippen LogP contribution in [-0.4, -0.2) is 29.4 Å². The van der Waals surface area contributed by atoms with E-state index in [1.54, 1.807) is 25.6 Å². The number of aromatic amines is 1. The first-order valence-corrected chi connectivity index (χ1v) is 10.8. The van der Waals surface area contributed by atoms with E-state index in [4.69, 9.17) is 9.47 Å². The SMILES string of the molecule is COc1cccc(-c2[nH]ncc2C=NNC(=O)c2sccc2OCc2ccc(C)cc2)c1. The highest BCUT2D eigenvalue weighted by Crippen LogP contribution is 2.26. The van der Waals surface area contributed by atoms with Crippen molar-refractivity contribution in [2.45, 2.75) is 13.5 Å². The Morgan fingerprint density at radius 1 is 1.22 bits per heavy atom. The lowest BCUT2D eigenvalue weighted by Gasteiger charge is -2.07. The van der Waals surface area contributed by atoms with Crippen LogP contribution in [0.5, 0.6) is 11.5 Å². The third kappa shape index (κ3) is 5.04. The van der Waals surface area contributed by atoms with E-state index in [-0.39, 0.29) is 5.91 Å². The largest absolute Gasteiger partial charge is 0.497 e. The number of amides is 1. The Morgan fingerprint density at radius 2 is 2.06 bits per heavy atom. The van der Waals surface area contributed by atoms with Crippen LogP contribution in [0.2, 0.25) is 0 Å². The highest BCUT2D eigenvalue weighted by Gasteiger charge is 2.14. The molecule has 0 bridgehead atoms. The normalized spacial score (nSPS) is 10.9. The number of hydrogen-bond acceptors (Lipinski definition) is 6. The predicted octanol–water partition coefficient (Wildman–Crippen LogP) is 4.80. The molecule has 4 rings (SSSR count). The number of hydrazone groups is 1. The van der Waals surface area contributed by atoms with Crippen LogP contribution in [0, 0.1) is 6.92 Å². The van der Waals surface area contributed by atoms with Gasteiger partial charge in [-0.2, -0.15) is 10.2 Å². The minimum atomic E-state index is -0.332. The highest BCUT2D eigenvalue weighted by molar-refractivity contribution is 7.12. The van der Waals surface area contributed by atoms with Gasteiger partial charge in [0.15, 0.2) is 0 Å². The van der Waals surface area contributed by atoms with Gasteiger partial charge in [0, 0.05) is 11.1 Å². The molecule has 0 fully saturated rings. The van der Waals surface area contributed by atoms with Crippen LogP contribution in [0.4, 0.5) is 0 Å². The number of hydrogen-bond donors (Lipinski definition) is 2. The number of aryl methyl sites for hydroxylation is 1. The molecule has 2 heterocycles. The number of nitrogens with one attached hydrogen (secondary N) is 2. The first kappa shape index (κ1) is 21.3. The summed E-state index contributed by atoms with van der Waals surface area (Å²) in [5.74, 6) is 0.939. The Labute approximate surface area is 189 Å². The number of ether oxygens (including phenoxy) is 2. The fourth-order valence-electron chi connectivity index (χ4n) is 3.04. The van der Waals surface area contributed by atoms with Gasteiger partial charge in [-0.1, -0.05) is 42.0 Å². The second-order valence-electron chi connectivity index (χ2n) is 7.02. The zero-order valence-corrected chi connectivity index (χ0v) is 18.5. The molecule has 1 amide bonds. The Morgan fingerprint density at radius 3 is 2.88 bits per heavy atom. The molecule has 0 atom stereocenters. The van der Waals surface area contributed by atoms with E-state index in [2.05, 4.69) is 20.7 Å². The minimum Gasteiger partial charge on any atom is -0.497 e. The summed E-state index contributed by atoms with van der Waals surface area (Å²) < 4.78 is 11.1. The van der Waals surface area contributed by atoms with Crippen LogP contribution in [-0.2, 0) is 6.61 Å². The van der Waals surface area contributed by atoms with Gasteiger partial charge in [-0.15, -0.1) is 11.3 Å². The van der Waals surface area contributed by atoms with Crippen LogP contribution in [0.15, 0.2) is 71.3 Å². The second-order valence-corrected chi connectivity index (χ2v) is 7.94. The van der Waals surface area contributed by atoms with Gasteiger partial charge in [-0.05, 0) is 36.1 Å². The van der Waals surface area contributed by atoms with Crippen molar-refractivity contribution in [1.29, 1.82) is 0 Å². The van der Waals surface area contributed by atoms with Crippen molar-refractivity contribution in [3.63, 3.8) is 0 Å². The summed E-state index contributed by atoms with van der Waals surface area (Å²) in [7, 11) is 1.62. The summed E-state index contributed by atoms with van der Waals surface area (Å²) in [6.07, 6.45) is 3.20. The number of H-pyrrole nitrogens is 1. The molecule has 4 aromatic rings. The zero-order valence-electron chi connectivity index (χ0n) is 17.7. The maximum absolute atomic E-state index is 12.6. The molecule has 0 saturated heterocycles. The molecule has 0 spiro atoms. The number of thiophene rings is 1. The Balaban J connectivity index is 1.40. The molecular formula is C24H22N4O3S. The van der Waals surface area contributed by atoms with E-state index in [1.807, 2.05) is 60.8 Å². The van der Waals surface area contributed by atoms with Crippen molar-refractivity contribution in [3.8, 4) is 22.8 Å². The monoisotopic (exact) mass is 446 g/mol. The van der Waals surface area contributed by atoms with Crippen LogP contribution in [0.1, 0.15) is 26.4 Å². The average Bonchev–Trinajstić information content (AvgIpc) is 3.48. The minimum absolute atomic E-state index is 0.332. The lowest BCUT2D eigenvalue weighted by Crippen LogP contribution is -2.17. The van der Waals surface area contributed by atoms with Crippen molar-refractivity contribution >= 4 is 23.5 Å². The first-order chi connectivity index (χ1) is 15.6. The number of carbonyl (C=O) groups is 1. The maximum Gasteiger partial charge on any atom is 0.285 e. The van der Waals surface area contributed by atoms with E-state index < -0.39 is 0 Å². The zero-order chi connectivity index (χ0) is 22.3. The topological polar surface area (TPSA) is 88.6 Å². The summed E-state index contributed by atoms with van der Waals surface area (Å²) >= 11 is 1.30. The molecule has 0 aliphatic carbocycles. The van der Waals surface area contributed by atoms with Crippen molar-refractivity contribution < 1.29 is 14.3 Å². The molecule has 2 aromatic carbocycles. The second kappa shape index (κ2) is 9.93. The fourth-order valence-corrected chi connectivity index (χ4v) is 3.76. The fraction of sp³-hybridized carbons (Fsp3) is 0.125. The van der Waals surface area contributed by atoms with Gasteiger partial charge < -0.3 is 9.47 Å². The number of aromatic nitrogens is 2. The summed E-state index contributed by atoms with van der Waals surface area (Å²) in [4.78, 5) is 13.1. The number of rotatable bonds is 8. The molecule has 7 nitrogen and oxygen atoms in total. The van der Waals surface area contributed by atoms with Crippen LogP contribution in [0.3, 0.4) is 0 Å². The van der Waals surface area contributed by atoms with Crippen LogP contribution >= 0.6 is 11.3 Å². The number of methoxy groups -OCH3 is 1. The first-order valence-electron chi connectivity index (χ1n) is 9.91. The van der Waals surface area contributed by atoms with Gasteiger partial charge in [-0.25, -0.2) is 5.43 Å². The summed E-state index contributed by atoms with van der Waals surface area (Å²) in [5, 5.41) is 13.0. The molecule has 162 valence electrons. The number of benzene rings is 2. The summed E-state index contributed by atoms with van der Waals surface area (Å²) in [5.41, 5.74) is 7.21. The molecule has 0 aliphatic heterocycles. The summed E-state index contributed by atoms with van der Waals surface area (Å²) in [6.45, 7) is 2.43. The number of carbonyl (C=O) groups excluding carboxylic acids is 1. The van der Waals surface area contributed by atoms with Gasteiger partial charge in [0.25, 0.3) is 5.91 Å². The van der Waals surface area contributed by atoms with Crippen LogP contribution in [0.25, 0.3) is 11.3 Å². The van der Waals surface area contributed by atoms with E-state index in [1.165, 1.54) is 16.9 Å². The molecule has 0 aliphatic rings. The van der Waals surface area contributed by atoms with E-state index in [0.29, 0.717) is 17.2 Å². The molecule has 0 unspecified atom stereocenters. The lowest BCUT2D eigenvalue weighted by atomic mass is 10.1. The molecule has 32 heavy (non-hydrogen) atoms. The molecule has 8 heteroatoms. The Bertz CT molecular complexity index is 1230. The van der Waals surface area contributed by atoms with Gasteiger partial charge in [0.1, 0.15) is 23.0 Å². The van der Waals surface area contributed by atoms with Gasteiger partial charge >= 0.3 is 0 Å². The standard InChI is InChI=1S/C24H22N4O3S/c1-16-6-8-17(9-7-16)15-31-21-10-11-32-23(21)24(29)28-26-14-19-13-25-27-22(19)18-4-3-5-20(12-18)30-2/h3-14H,15H2,1-2H3,(H,25,27)(H,28,29). The van der Waals surface area contributed by atoms with E-state index in [0.717, 1.165) is 28.1 Å². The van der Waals surface area contributed by atoms with Crippen molar-refractivity contribution in [2.24, 2.45) is 5.10 Å². The molecule has 2 N–H and O–H groups in total. The quantitative estimate of drug-likeness (QED) is 0.301. The maximum atomic E-state index is 12.6. The molecule has 0 saturated carbocycles. The molecule has 0 radical (unpaired) electrons. The summed E-state index contributed by atoms with van der Waals surface area (Å²) in [6, 6.07) is 17.5. The van der Waals surface area contributed by atoms with E-state index in [9.17, 15) is 4.79 Å². The highest BCUT2D eigenvalue weighted by atomic mass is 32.1. The van der Waals surface area contributed by atoms with Crippen LogP contribution < -0.4 is 14.9 Å². The van der Waals surface area contributed by atoms with Gasteiger partial charge in [-0.3, -0.25) is 9.89 Å². The third-order valence-corrected chi connectivity index (χ3v) is 5.64.